The minimum absolute atomic E-state index is 0.0903. The second-order valence-electron chi connectivity index (χ2n) is 6.70. The van der Waals surface area contributed by atoms with Crippen LogP contribution in [-0.4, -0.2) is 50.0 Å². The zero-order chi connectivity index (χ0) is 19.6. The van der Waals surface area contributed by atoms with Gasteiger partial charge in [-0.25, -0.2) is 4.39 Å². The molecule has 0 saturated heterocycles. The fourth-order valence-electron chi connectivity index (χ4n) is 2.82. The SMILES string of the molecule is CC1Oc2cc(NC(=O)c3ccc(F)cc3)ccc2N(CCN(C)C)C1=O. The molecular weight excluding hydrogens is 349 g/mol. The number of anilines is 2. The van der Waals surface area contributed by atoms with Gasteiger partial charge in [-0.3, -0.25) is 9.59 Å². The number of nitrogens with zero attached hydrogens (tertiary/aromatic N) is 2. The fraction of sp³-hybridized carbons (Fsp3) is 0.300. The van der Waals surface area contributed by atoms with Crippen LogP contribution in [0.25, 0.3) is 0 Å². The van der Waals surface area contributed by atoms with E-state index < -0.39 is 11.9 Å². The van der Waals surface area contributed by atoms with Gasteiger partial charge in [0.1, 0.15) is 11.6 Å². The molecule has 1 aliphatic heterocycles. The maximum atomic E-state index is 13.0. The van der Waals surface area contributed by atoms with Crippen LogP contribution in [0.3, 0.4) is 0 Å². The largest absolute Gasteiger partial charge is 0.479 e. The predicted molar refractivity (Wildman–Crippen MR) is 102 cm³/mol. The van der Waals surface area contributed by atoms with Gasteiger partial charge >= 0.3 is 0 Å². The number of fused-ring (bicyclic) bond motifs is 1. The monoisotopic (exact) mass is 371 g/mol. The lowest BCUT2D eigenvalue weighted by Gasteiger charge is -2.34. The van der Waals surface area contributed by atoms with E-state index in [1.54, 1.807) is 30.0 Å². The molecule has 1 N–H and O–H groups in total. The number of nitrogens with one attached hydrogen (secondary N) is 1. The van der Waals surface area contributed by atoms with Gasteiger partial charge in [0.2, 0.25) is 0 Å². The third kappa shape index (κ3) is 4.25. The van der Waals surface area contributed by atoms with Gasteiger partial charge in [0.05, 0.1) is 5.69 Å². The Kier molecular flexibility index (Phi) is 5.41. The Labute approximate surface area is 157 Å². The van der Waals surface area contributed by atoms with Gasteiger partial charge in [-0.15, -0.1) is 0 Å². The van der Waals surface area contributed by atoms with Crippen LogP contribution in [0.15, 0.2) is 42.5 Å². The van der Waals surface area contributed by atoms with Crippen LogP contribution in [0, 0.1) is 5.82 Å². The average molecular weight is 371 g/mol. The van der Waals surface area contributed by atoms with Crippen molar-refractivity contribution in [3.05, 3.63) is 53.8 Å². The number of hydrogen-bond acceptors (Lipinski definition) is 4. The maximum Gasteiger partial charge on any atom is 0.267 e. The summed E-state index contributed by atoms with van der Waals surface area (Å²) in [7, 11) is 3.90. The molecule has 0 aliphatic carbocycles. The quantitative estimate of drug-likeness (QED) is 0.878. The summed E-state index contributed by atoms with van der Waals surface area (Å²) in [6.45, 7) is 2.98. The van der Waals surface area contributed by atoms with E-state index in [0.29, 0.717) is 29.2 Å². The molecule has 0 bridgehead atoms. The first-order valence-corrected chi connectivity index (χ1v) is 8.69. The number of likely N-dealkylation sites (N-methyl/N-ethyl adjacent to an activating group) is 1. The van der Waals surface area contributed by atoms with E-state index >= 15 is 0 Å². The normalized spacial score (nSPS) is 16.1. The molecule has 1 heterocycles. The molecule has 2 aromatic carbocycles. The van der Waals surface area contributed by atoms with Crippen molar-refractivity contribution in [1.82, 2.24) is 4.90 Å². The molecule has 0 spiro atoms. The lowest BCUT2D eigenvalue weighted by molar-refractivity contribution is -0.125. The topological polar surface area (TPSA) is 61.9 Å². The van der Waals surface area contributed by atoms with E-state index in [-0.39, 0.29) is 11.8 Å². The van der Waals surface area contributed by atoms with Gasteiger partial charge in [0.15, 0.2) is 6.10 Å². The van der Waals surface area contributed by atoms with Crippen LogP contribution < -0.4 is 15.0 Å². The smallest absolute Gasteiger partial charge is 0.267 e. The number of hydrogen-bond donors (Lipinski definition) is 1. The number of halogens is 1. The van der Waals surface area contributed by atoms with Crippen LogP contribution in [-0.2, 0) is 4.79 Å². The molecule has 2 aromatic rings. The van der Waals surface area contributed by atoms with Gasteiger partial charge in [0, 0.05) is 30.4 Å². The van der Waals surface area contributed by atoms with E-state index in [1.807, 2.05) is 19.0 Å². The zero-order valence-electron chi connectivity index (χ0n) is 15.5. The van der Waals surface area contributed by atoms with E-state index in [1.165, 1.54) is 24.3 Å². The summed E-state index contributed by atoms with van der Waals surface area (Å²) < 4.78 is 18.7. The van der Waals surface area contributed by atoms with Crippen molar-refractivity contribution in [1.29, 1.82) is 0 Å². The summed E-state index contributed by atoms with van der Waals surface area (Å²) in [4.78, 5) is 28.5. The van der Waals surface area contributed by atoms with Crippen molar-refractivity contribution in [3.63, 3.8) is 0 Å². The molecule has 27 heavy (non-hydrogen) atoms. The summed E-state index contributed by atoms with van der Waals surface area (Å²) in [5.41, 5.74) is 1.57. The lowest BCUT2D eigenvalue weighted by Crippen LogP contribution is -2.46. The molecule has 0 radical (unpaired) electrons. The Morgan fingerprint density at radius 2 is 1.93 bits per heavy atom. The predicted octanol–water partition coefficient (Wildman–Crippen LogP) is 2.75. The van der Waals surface area contributed by atoms with Crippen LogP contribution in [0.1, 0.15) is 17.3 Å². The van der Waals surface area contributed by atoms with Crippen molar-refractivity contribution in [3.8, 4) is 5.75 Å². The van der Waals surface area contributed by atoms with Crippen molar-refractivity contribution >= 4 is 23.2 Å². The Bertz CT molecular complexity index is 852. The van der Waals surface area contributed by atoms with Crippen LogP contribution in [0.2, 0.25) is 0 Å². The summed E-state index contributed by atoms with van der Waals surface area (Å²) in [6.07, 6.45) is -0.595. The minimum Gasteiger partial charge on any atom is -0.479 e. The average Bonchev–Trinajstić information content (AvgIpc) is 2.62. The van der Waals surface area contributed by atoms with Gasteiger partial charge < -0.3 is 19.9 Å². The molecule has 1 unspecified atom stereocenters. The summed E-state index contributed by atoms with van der Waals surface area (Å²) in [5, 5.41) is 2.77. The third-order valence-electron chi connectivity index (χ3n) is 4.30. The highest BCUT2D eigenvalue weighted by molar-refractivity contribution is 6.05. The van der Waals surface area contributed by atoms with E-state index in [4.69, 9.17) is 4.74 Å². The van der Waals surface area contributed by atoms with Crippen molar-refractivity contribution in [2.45, 2.75) is 13.0 Å². The van der Waals surface area contributed by atoms with Gasteiger partial charge in [-0.2, -0.15) is 0 Å². The highest BCUT2D eigenvalue weighted by Crippen LogP contribution is 2.36. The molecule has 142 valence electrons. The fourth-order valence-corrected chi connectivity index (χ4v) is 2.82. The first kappa shape index (κ1) is 18.8. The second-order valence-corrected chi connectivity index (χ2v) is 6.70. The molecule has 0 saturated carbocycles. The zero-order valence-corrected chi connectivity index (χ0v) is 15.5. The number of carbonyl (C=O) groups is 2. The maximum absolute atomic E-state index is 13.0. The molecule has 1 atom stereocenters. The van der Waals surface area contributed by atoms with Gasteiger partial charge in [-0.05, 0) is 57.4 Å². The Balaban J connectivity index is 1.81. The lowest BCUT2D eigenvalue weighted by atomic mass is 10.1. The molecule has 7 heteroatoms. The van der Waals surface area contributed by atoms with Crippen molar-refractivity contribution < 1.29 is 18.7 Å². The molecular formula is C20H22FN3O3. The van der Waals surface area contributed by atoms with Crippen LogP contribution in [0.4, 0.5) is 15.8 Å². The number of amides is 2. The first-order valence-electron chi connectivity index (χ1n) is 8.69. The number of ether oxygens (including phenoxy) is 1. The van der Waals surface area contributed by atoms with Crippen molar-refractivity contribution in [2.24, 2.45) is 0 Å². The number of rotatable bonds is 5. The van der Waals surface area contributed by atoms with Crippen LogP contribution in [0.5, 0.6) is 5.75 Å². The highest BCUT2D eigenvalue weighted by Gasteiger charge is 2.31. The van der Waals surface area contributed by atoms with E-state index in [9.17, 15) is 14.0 Å². The van der Waals surface area contributed by atoms with E-state index in [2.05, 4.69) is 5.32 Å². The number of carbonyl (C=O) groups excluding carboxylic acids is 2. The van der Waals surface area contributed by atoms with Crippen LogP contribution >= 0.6 is 0 Å². The Morgan fingerprint density at radius 3 is 2.59 bits per heavy atom. The second kappa shape index (κ2) is 7.75. The Morgan fingerprint density at radius 1 is 1.22 bits per heavy atom. The summed E-state index contributed by atoms with van der Waals surface area (Å²) in [5.74, 6) is -0.297. The van der Waals surface area contributed by atoms with Gasteiger partial charge in [-0.1, -0.05) is 0 Å². The molecule has 2 amide bonds. The van der Waals surface area contributed by atoms with Crippen molar-refractivity contribution in [2.75, 3.05) is 37.4 Å². The highest BCUT2D eigenvalue weighted by atomic mass is 19.1. The molecule has 0 fully saturated rings. The molecule has 6 nitrogen and oxygen atoms in total. The summed E-state index contributed by atoms with van der Waals surface area (Å²) in [6, 6.07) is 10.5. The first-order chi connectivity index (χ1) is 12.8. The minimum atomic E-state index is -0.595. The third-order valence-corrected chi connectivity index (χ3v) is 4.30. The summed E-state index contributed by atoms with van der Waals surface area (Å²) >= 11 is 0. The standard InChI is InChI=1S/C20H22FN3O3/c1-13-20(26)24(11-10-23(2)3)17-9-8-16(12-18(17)27-13)22-19(25)14-4-6-15(21)7-5-14/h4-9,12-13H,10-11H2,1-3H3,(H,22,25). The molecule has 3 rings (SSSR count). The molecule has 1 aliphatic rings. The van der Waals surface area contributed by atoms with Gasteiger partial charge in [0.25, 0.3) is 11.8 Å². The Hall–Kier alpha value is -2.93. The number of benzene rings is 2. The molecule has 0 aromatic heterocycles. The van der Waals surface area contributed by atoms with E-state index in [0.717, 1.165) is 6.54 Å².